The number of ether oxygens (including phenoxy) is 1. The van der Waals surface area contributed by atoms with Crippen LogP contribution in [0.15, 0.2) is 24.3 Å². The van der Waals surface area contributed by atoms with Crippen molar-refractivity contribution in [1.29, 1.82) is 0 Å². The number of rotatable bonds is 4. The molecule has 4 nitrogen and oxygen atoms in total. The van der Waals surface area contributed by atoms with E-state index in [2.05, 4.69) is 14.5 Å². The highest BCUT2D eigenvalue weighted by molar-refractivity contribution is 5.28. The van der Waals surface area contributed by atoms with E-state index in [9.17, 15) is 18.3 Å². The number of nitrogens with zero attached hydrogens (tertiary/aromatic N) is 2. The minimum absolute atomic E-state index is 0.132. The van der Waals surface area contributed by atoms with Gasteiger partial charge in [-0.15, -0.1) is 13.2 Å². The summed E-state index contributed by atoms with van der Waals surface area (Å²) in [6.07, 6.45) is -2.74. The molecule has 2 saturated heterocycles. The van der Waals surface area contributed by atoms with E-state index in [-0.39, 0.29) is 11.8 Å². The molecule has 0 radical (unpaired) electrons. The number of hydrogen-bond acceptors (Lipinski definition) is 4. The first-order valence-electron chi connectivity index (χ1n) is 7.90. The molecule has 2 aliphatic rings. The Bertz CT molecular complexity index is 532. The molecule has 2 atom stereocenters. The van der Waals surface area contributed by atoms with E-state index >= 15 is 0 Å². The van der Waals surface area contributed by atoms with Crippen molar-refractivity contribution in [3.05, 3.63) is 29.8 Å². The largest absolute Gasteiger partial charge is 0.573 e. The van der Waals surface area contributed by atoms with Gasteiger partial charge in [-0.05, 0) is 43.6 Å². The Labute approximate surface area is 133 Å². The van der Waals surface area contributed by atoms with Gasteiger partial charge in [0.1, 0.15) is 5.75 Å². The smallest absolute Gasteiger partial charge is 0.406 e. The Morgan fingerprint density at radius 3 is 2.61 bits per heavy atom. The van der Waals surface area contributed by atoms with Gasteiger partial charge in [-0.2, -0.15) is 0 Å². The first kappa shape index (κ1) is 16.5. The molecule has 0 aromatic heterocycles. The van der Waals surface area contributed by atoms with Crippen LogP contribution < -0.4 is 4.74 Å². The van der Waals surface area contributed by atoms with Gasteiger partial charge in [0.25, 0.3) is 0 Å². The molecule has 0 amide bonds. The van der Waals surface area contributed by atoms with Crippen molar-refractivity contribution in [2.45, 2.75) is 37.9 Å². The standard InChI is InChI=1S/C16H21F3N2O2/c17-16(18,19)23-13-5-3-4-12(8-13)9-20-10-14(15(22)11-20)21-6-1-2-7-21/h3-5,8,14-15,22H,1-2,6-7,9-11H2/t14-,15-/m0/s1. The zero-order valence-electron chi connectivity index (χ0n) is 12.8. The highest BCUT2D eigenvalue weighted by Gasteiger charge is 2.36. The lowest BCUT2D eigenvalue weighted by molar-refractivity contribution is -0.274. The van der Waals surface area contributed by atoms with Gasteiger partial charge < -0.3 is 9.84 Å². The van der Waals surface area contributed by atoms with Crippen LogP contribution in [0.2, 0.25) is 0 Å². The molecule has 2 heterocycles. The maximum absolute atomic E-state index is 12.3. The minimum Gasteiger partial charge on any atom is -0.406 e. The van der Waals surface area contributed by atoms with Crippen molar-refractivity contribution in [3.8, 4) is 5.75 Å². The van der Waals surface area contributed by atoms with Crippen molar-refractivity contribution >= 4 is 0 Å². The summed E-state index contributed by atoms with van der Waals surface area (Å²) in [5.74, 6) is -0.203. The van der Waals surface area contributed by atoms with Crippen molar-refractivity contribution in [3.63, 3.8) is 0 Å². The summed E-state index contributed by atoms with van der Waals surface area (Å²) in [7, 11) is 0. The van der Waals surface area contributed by atoms with Gasteiger partial charge in [-0.25, -0.2) is 0 Å². The second kappa shape index (κ2) is 6.67. The highest BCUT2D eigenvalue weighted by atomic mass is 19.4. The number of hydrogen-bond donors (Lipinski definition) is 1. The summed E-state index contributed by atoms with van der Waals surface area (Å²) in [4.78, 5) is 4.40. The number of β-amino-alcohol motifs (C(OH)–C–C–N with tert-alkyl or cyclic N) is 1. The van der Waals surface area contributed by atoms with Crippen LogP contribution in [0.1, 0.15) is 18.4 Å². The van der Waals surface area contributed by atoms with Crippen LogP contribution in [-0.2, 0) is 6.54 Å². The fourth-order valence-electron chi connectivity index (χ4n) is 3.51. The highest BCUT2D eigenvalue weighted by Crippen LogP contribution is 2.26. The first-order valence-corrected chi connectivity index (χ1v) is 7.90. The average molecular weight is 330 g/mol. The fraction of sp³-hybridized carbons (Fsp3) is 0.625. The van der Waals surface area contributed by atoms with Crippen LogP contribution in [0.3, 0.4) is 0 Å². The maximum Gasteiger partial charge on any atom is 0.573 e. The van der Waals surface area contributed by atoms with Gasteiger partial charge >= 0.3 is 6.36 Å². The van der Waals surface area contributed by atoms with Crippen molar-refractivity contribution in [2.75, 3.05) is 26.2 Å². The molecule has 2 fully saturated rings. The molecule has 1 aromatic carbocycles. The average Bonchev–Trinajstić information content (AvgIpc) is 3.06. The number of alkyl halides is 3. The first-order chi connectivity index (χ1) is 10.9. The molecule has 1 aromatic rings. The number of likely N-dealkylation sites (tertiary alicyclic amines) is 2. The van der Waals surface area contributed by atoms with Crippen molar-refractivity contribution in [2.24, 2.45) is 0 Å². The predicted molar refractivity (Wildman–Crippen MR) is 79.0 cm³/mol. The molecule has 0 aliphatic carbocycles. The molecule has 3 rings (SSSR count). The summed E-state index contributed by atoms with van der Waals surface area (Å²) < 4.78 is 40.8. The maximum atomic E-state index is 12.3. The van der Waals surface area contributed by atoms with E-state index in [1.54, 1.807) is 12.1 Å². The van der Waals surface area contributed by atoms with Gasteiger partial charge in [0.15, 0.2) is 0 Å². The number of aliphatic hydroxyl groups excluding tert-OH is 1. The number of benzene rings is 1. The molecule has 23 heavy (non-hydrogen) atoms. The van der Waals surface area contributed by atoms with Crippen LogP contribution in [0.25, 0.3) is 0 Å². The van der Waals surface area contributed by atoms with Crippen LogP contribution in [0, 0.1) is 0 Å². The quantitative estimate of drug-likeness (QED) is 0.918. The second-order valence-electron chi connectivity index (χ2n) is 6.27. The number of halogens is 3. The zero-order valence-corrected chi connectivity index (χ0v) is 12.8. The molecule has 7 heteroatoms. The Kier molecular flexibility index (Phi) is 4.79. The lowest BCUT2D eigenvalue weighted by Gasteiger charge is -2.25. The minimum atomic E-state index is -4.68. The molecule has 1 N–H and O–H groups in total. The van der Waals surface area contributed by atoms with Crippen LogP contribution in [0.5, 0.6) is 5.75 Å². The van der Waals surface area contributed by atoms with Crippen molar-refractivity contribution in [1.82, 2.24) is 9.80 Å². The van der Waals surface area contributed by atoms with Crippen LogP contribution >= 0.6 is 0 Å². The van der Waals surface area contributed by atoms with Crippen LogP contribution in [-0.4, -0.2) is 59.6 Å². The van der Waals surface area contributed by atoms with Crippen molar-refractivity contribution < 1.29 is 23.0 Å². The van der Waals surface area contributed by atoms with Gasteiger partial charge in [-0.1, -0.05) is 12.1 Å². The van der Waals surface area contributed by atoms with E-state index in [1.807, 2.05) is 0 Å². The lowest BCUT2D eigenvalue weighted by Crippen LogP contribution is -2.41. The molecular weight excluding hydrogens is 309 g/mol. The summed E-state index contributed by atoms with van der Waals surface area (Å²) in [5, 5.41) is 10.2. The summed E-state index contributed by atoms with van der Waals surface area (Å²) in [6.45, 7) is 3.84. The molecular formula is C16H21F3N2O2. The van der Waals surface area contributed by atoms with Gasteiger partial charge in [0.05, 0.1) is 6.10 Å². The molecule has 0 saturated carbocycles. The normalized spacial score (nSPS) is 26.8. The van der Waals surface area contributed by atoms with E-state index < -0.39 is 12.5 Å². The molecule has 128 valence electrons. The Morgan fingerprint density at radius 1 is 1.17 bits per heavy atom. The molecule has 0 spiro atoms. The van der Waals surface area contributed by atoms with E-state index in [0.29, 0.717) is 13.1 Å². The predicted octanol–water partition coefficient (Wildman–Crippen LogP) is 2.23. The molecule has 2 aliphatic heterocycles. The lowest BCUT2D eigenvalue weighted by atomic mass is 10.2. The van der Waals surface area contributed by atoms with Gasteiger partial charge in [0.2, 0.25) is 0 Å². The topological polar surface area (TPSA) is 35.9 Å². The second-order valence-corrected chi connectivity index (χ2v) is 6.27. The summed E-state index contributed by atoms with van der Waals surface area (Å²) in [6, 6.07) is 6.16. The number of aliphatic hydroxyl groups is 1. The summed E-state index contributed by atoms with van der Waals surface area (Å²) >= 11 is 0. The van der Waals surface area contributed by atoms with E-state index in [1.165, 1.54) is 25.0 Å². The van der Waals surface area contributed by atoms with E-state index in [4.69, 9.17) is 0 Å². The Balaban J connectivity index is 1.60. The summed E-state index contributed by atoms with van der Waals surface area (Å²) in [5.41, 5.74) is 0.751. The molecule has 0 bridgehead atoms. The third-order valence-corrected chi connectivity index (χ3v) is 4.48. The third kappa shape index (κ3) is 4.37. The van der Waals surface area contributed by atoms with Gasteiger partial charge in [0, 0.05) is 25.7 Å². The Morgan fingerprint density at radius 2 is 1.91 bits per heavy atom. The van der Waals surface area contributed by atoms with Crippen LogP contribution in [0.4, 0.5) is 13.2 Å². The third-order valence-electron chi connectivity index (χ3n) is 4.48. The molecule has 0 unspecified atom stereocenters. The Hall–Kier alpha value is -1.31. The monoisotopic (exact) mass is 330 g/mol. The zero-order chi connectivity index (χ0) is 16.4. The fourth-order valence-corrected chi connectivity index (χ4v) is 3.51. The van der Waals surface area contributed by atoms with E-state index in [0.717, 1.165) is 25.2 Å². The SMILES string of the molecule is O[C@H]1CN(Cc2cccc(OC(F)(F)F)c2)C[C@@H]1N1CCCC1. The van der Waals surface area contributed by atoms with Gasteiger partial charge in [-0.3, -0.25) is 9.80 Å².